The molecule has 27 heavy (non-hydrogen) atoms. The summed E-state index contributed by atoms with van der Waals surface area (Å²) < 4.78 is 27.7. The van der Waals surface area contributed by atoms with Crippen molar-refractivity contribution in [2.24, 2.45) is 0 Å². The Labute approximate surface area is 158 Å². The minimum atomic E-state index is -3.22. The number of fused-ring (bicyclic) bond motifs is 1. The Bertz CT molecular complexity index is 1070. The molecule has 0 spiro atoms. The van der Waals surface area contributed by atoms with Crippen molar-refractivity contribution in [3.05, 3.63) is 60.8 Å². The number of rotatable bonds is 4. The van der Waals surface area contributed by atoms with Crippen molar-refractivity contribution in [3.63, 3.8) is 0 Å². The molecule has 1 fully saturated rings. The second-order valence-corrected chi connectivity index (χ2v) is 8.71. The Morgan fingerprint density at radius 2 is 1.78 bits per heavy atom. The molecule has 2 aromatic carbocycles. The molecule has 0 radical (unpaired) electrons. The molecular formula is C20H21N3O3S. The van der Waals surface area contributed by atoms with Gasteiger partial charge in [0.05, 0.1) is 11.4 Å². The number of anilines is 2. The lowest BCUT2D eigenvalue weighted by atomic mass is 10.2. The van der Waals surface area contributed by atoms with E-state index >= 15 is 0 Å². The first-order chi connectivity index (χ1) is 13.0. The molecule has 6 nitrogen and oxygen atoms in total. The number of hydrogen-bond donors (Lipinski definition) is 1. The molecule has 140 valence electrons. The number of para-hydroxylation sites is 1. The van der Waals surface area contributed by atoms with Crippen LogP contribution in [0.3, 0.4) is 0 Å². The Kier molecular flexibility index (Phi) is 4.61. The van der Waals surface area contributed by atoms with Gasteiger partial charge in [0.15, 0.2) is 0 Å². The Balaban J connectivity index is 1.44. The zero-order valence-electron chi connectivity index (χ0n) is 14.8. The van der Waals surface area contributed by atoms with E-state index in [1.165, 1.54) is 4.31 Å². The quantitative estimate of drug-likeness (QED) is 0.752. The molecule has 0 bridgehead atoms. The highest BCUT2D eigenvalue weighted by Gasteiger charge is 2.25. The lowest BCUT2D eigenvalue weighted by Crippen LogP contribution is -2.37. The van der Waals surface area contributed by atoms with Gasteiger partial charge in [-0.2, -0.15) is 0 Å². The normalized spacial score (nSPS) is 16.4. The van der Waals surface area contributed by atoms with Crippen LogP contribution in [0.4, 0.5) is 11.4 Å². The van der Waals surface area contributed by atoms with Crippen molar-refractivity contribution in [2.75, 3.05) is 21.9 Å². The fourth-order valence-corrected chi connectivity index (χ4v) is 5.06. The Hall–Kier alpha value is -2.80. The second kappa shape index (κ2) is 7.08. The van der Waals surface area contributed by atoms with E-state index in [1.807, 2.05) is 41.1 Å². The lowest BCUT2D eigenvalue weighted by Gasteiger charge is -2.28. The van der Waals surface area contributed by atoms with Gasteiger partial charge in [-0.05, 0) is 54.6 Å². The summed E-state index contributed by atoms with van der Waals surface area (Å²) in [6.45, 7) is 0.727. The zero-order valence-corrected chi connectivity index (χ0v) is 15.7. The third kappa shape index (κ3) is 3.68. The van der Waals surface area contributed by atoms with Crippen LogP contribution >= 0.6 is 0 Å². The van der Waals surface area contributed by atoms with Gasteiger partial charge < -0.3 is 9.88 Å². The first-order valence-corrected chi connectivity index (χ1v) is 10.6. The van der Waals surface area contributed by atoms with Gasteiger partial charge in [-0.15, -0.1) is 0 Å². The molecule has 0 aliphatic carbocycles. The smallest absolute Gasteiger partial charge is 0.244 e. The number of carbonyl (C=O) groups excluding carboxylic acids is 1. The molecule has 1 aliphatic rings. The van der Waals surface area contributed by atoms with Crippen LogP contribution in [0.15, 0.2) is 60.8 Å². The third-order valence-electron chi connectivity index (χ3n) is 4.78. The average molecular weight is 383 g/mol. The van der Waals surface area contributed by atoms with Gasteiger partial charge in [-0.1, -0.05) is 18.2 Å². The SMILES string of the molecule is O=C(Cn1ccc2ccccc21)Nc1ccc(N2CCCCS2(=O)=O)cc1. The van der Waals surface area contributed by atoms with Crippen LogP contribution in [0.5, 0.6) is 0 Å². The summed E-state index contributed by atoms with van der Waals surface area (Å²) in [4.78, 5) is 12.4. The minimum Gasteiger partial charge on any atom is -0.338 e. The second-order valence-electron chi connectivity index (χ2n) is 6.69. The molecule has 0 unspecified atom stereocenters. The van der Waals surface area contributed by atoms with E-state index in [0.29, 0.717) is 24.3 Å². The van der Waals surface area contributed by atoms with Gasteiger partial charge in [0.25, 0.3) is 0 Å². The van der Waals surface area contributed by atoms with Gasteiger partial charge in [0.1, 0.15) is 6.54 Å². The maximum atomic E-state index is 12.4. The van der Waals surface area contributed by atoms with E-state index in [4.69, 9.17) is 0 Å². The number of nitrogens with one attached hydrogen (secondary N) is 1. The van der Waals surface area contributed by atoms with Crippen molar-refractivity contribution >= 4 is 38.2 Å². The molecular weight excluding hydrogens is 362 g/mol. The van der Waals surface area contributed by atoms with Crippen molar-refractivity contribution in [2.45, 2.75) is 19.4 Å². The van der Waals surface area contributed by atoms with Crippen molar-refractivity contribution in [1.82, 2.24) is 4.57 Å². The lowest BCUT2D eigenvalue weighted by molar-refractivity contribution is -0.116. The average Bonchev–Trinajstić information content (AvgIpc) is 3.05. The molecule has 1 N–H and O–H groups in total. The largest absolute Gasteiger partial charge is 0.338 e. The zero-order chi connectivity index (χ0) is 18.9. The summed E-state index contributed by atoms with van der Waals surface area (Å²) in [5, 5.41) is 3.96. The van der Waals surface area contributed by atoms with Crippen LogP contribution in [-0.2, 0) is 21.4 Å². The topological polar surface area (TPSA) is 71.4 Å². The number of sulfonamides is 1. The van der Waals surface area contributed by atoms with Gasteiger partial charge in [-0.25, -0.2) is 8.42 Å². The molecule has 2 heterocycles. The van der Waals surface area contributed by atoms with E-state index < -0.39 is 10.0 Å². The Morgan fingerprint density at radius 3 is 2.56 bits per heavy atom. The van der Waals surface area contributed by atoms with E-state index in [9.17, 15) is 13.2 Å². The first-order valence-electron chi connectivity index (χ1n) is 8.97. The number of amides is 1. The summed E-state index contributed by atoms with van der Waals surface area (Å²) in [6.07, 6.45) is 3.47. The summed E-state index contributed by atoms with van der Waals surface area (Å²) in [5.41, 5.74) is 2.30. The standard InChI is InChI=1S/C20H21N3O3S/c24-20(15-22-13-11-16-5-1-2-6-19(16)22)21-17-7-9-18(10-8-17)23-12-3-4-14-27(23,25)26/h1-2,5-11,13H,3-4,12,14-15H2,(H,21,24). The number of benzene rings is 2. The summed E-state index contributed by atoms with van der Waals surface area (Å²) in [7, 11) is -3.22. The molecule has 1 saturated heterocycles. The predicted molar refractivity (Wildman–Crippen MR) is 107 cm³/mol. The number of nitrogens with zero attached hydrogens (tertiary/aromatic N) is 2. The van der Waals surface area contributed by atoms with Gasteiger partial charge in [0, 0.05) is 23.9 Å². The highest BCUT2D eigenvalue weighted by Crippen LogP contribution is 2.25. The fourth-order valence-electron chi connectivity index (χ4n) is 3.42. The van der Waals surface area contributed by atoms with E-state index in [2.05, 4.69) is 5.32 Å². The minimum absolute atomic E-state index is 0.130. The van der Waals surface area contributed by atoms with Crippen molar-refractivity contribution < 1.29 is 13.2 Å². The molecule has 1 aromatic heterocycles. The molecule has 0 saturated carbocycles. The molecule has 4 rings (SSSR count). The highest BCUT2D eigenvalue weighted by molar-refractivity contribution is 7.92. The van der Waals surface area contributed by atoms with E-state index in [-0.39, 0.29) is 18.2 Å². The summed E-state index contributed by atoms with van der Waals surface area (Å²) >= 11 is 0. The van der Waals surface area contributed by atoms with Gasteiger partial charge in [-0.3, -0.25) is 9.10 Å². The predicted octanol–water partition coefficient (Wildman–Crippen LogP) is 3.21. The van der Waals surface area contributed by atoms with Gasteiger partial charge >= 0.3 is 0 Å². The monoisotopic (exact) mass is 383 g/mol. The van der Waals surface area contributed by atoms with E-state index in [0.717, 1.165) is 17.3 Å². The maximum absolute atomic E-state index is 12.4. The number of carbonyl (C=O) groups is 1. The van der Waals surface area contributed by atoms with Crippen molar-refractivity contribution in [1.29, 1.82) is 0 Å². The number of hydrogen-bond acceptors (Lipinski definition) is 3. The van der Waals surface area contributed by atoms with Crippen LogP contribution in [0, 0.1) is 0 Å². The highest BCUT2D eigenvalue weighted by atomic mass is 32.2. The summed E-state index contributed by atoms with van der Waals surface area (Å²) in [5.74, 6) is 0.0609. The molecule has 7 heteroatoms. The first kappa shape index (κ1) is 17.6. The number of aromatic nitrogens is 1. The molecule has 3 aromatic rings. The van der Waals surface area contributed by atoms with E-state index in [1.54, 1.807) is 24.3 Å². The molecule has 1 aliphatic heterocycles. The Morgan fingerprint density at radius 1 is 1.00 bits per heavy atom. The van der Waals surface area contributed by atoms with Crippen LogP contribution in [0.2, 0.25) is 0 Å². The molecule has 1 amide bonds. The van der Waals surface area contributed by atoms with Crippen LogP contribution in [-0.4, -0.2) is 31.2 Å². The van der Waals surface area contributed by atoms with Crippen LogP contribution < -0.4 is 9.62 Å². The van der Waals surface area contributed by atoms with Crippen LogP contribution in [0.1, 0.15) is 12.8 Å². The molecule has 0 atom stereocenters. The summed E-state index contributed by atoms with van der Waals surface area (Å²) in [6, 6.07) is 16.9. The van der Waals surface area contributed by atoms with Gasteiger partial charge in [0.2, 0.25) is 15.9 Å². The fraction of sp³-hybridized carbons (Fsp3) is 0.250. The third-order valence-corrected chi connectivity index (χ3v) is 6.65. The maximum Gasteiger partial charge on any atom is 0.244 e. The van der Waals surface area contributed by atoms with Crippen molar-refractivity contribution in [3.8, 4) is 0 Å². The van der Waals surface area contributed by atoms with Crippen LogP contribution in [0.25, 0.3) is 10.9 Å².